The molecule has 2 rings (SSSR count). The smallest absolute Gasteiger partial charge is 0.145 e. The fourth-order valence-electron chi connectivity index (χ4n) is 2.03. The first-order valence-corrected chi connectivity index (χ1v) is 6.13. The molecule has 1 aliphatic heterocycles. The number of piperidine rings is 1. The molecule has 0 spiro atoms. The van der Waals surface area contributed by atoms with Crippen molar-refractivity contribution < 1.29 is 5.11 Å². The Morgan fingerprint density at radius 2 is 2.33 bits per heavy atom. The lowest BCUT2D eigenvalue weighted by Crippen LogP contribution is -2.43. The quantitative estimate of drug-likeness (QED) is 0.793. The molecule has 1 aliphatic rings. The second kappa shape index (κ2) is 4.61. The number of aliphatic hydroxyl groups is 1. The van der Waals surface area contributed by atoms with Crippen molar-refractivity contribution in [3.05, 3.63) is 16.1 Å². The summed E-state index contributed by atoms with van der Waals surface area (Å²) in [5.74, 6) is 1.45. The van der Waals surface area contributed by atoms with E-state index < -0.39 is 0 Å². The van der Waals surface area contributed by atoms with E-state index in [9.17, 15) is 5.11 Å². The van der Waals surface area contributed by atoms with Crippen LogP contribution in [0, 0.1) is 9.49 Å². The molecule has 1 aromatic heterocycles. The van der Waals surface area contributed by atoms with E-state index in [0.29, 0.717) is 12.5 Å². The fourth-order valence-corrected chi connectivity index (χ4v) is 2.67. The summed E-state index contributed by atoms with van der Waals surface area (Å²) in [6, 6.07) is 0. The molecule has 0 unspecified atom stereocenters. The van der Waals surface area contributed by atoms with Gasteiger partial charge in [-0.15, -0.1) is 0 Å². The highest BCUT2D eigenvalue weighted by molar-refractivity contribution is 14.1. The van der Waals surface area contributed by atoms with E-state index in [-0.39, 0.29) is 6.10 Å². The van der Waals surface area contributed by atoms with Crippen LogP contribution >= 0.6 is 22.6 Å². The van der Waals surface area contributed by atoms with E-state index >= 15 is 0 Å². The molecule has 82 valence electrons. The number of anilines is 1. The first-order valence-electron chi connectivity index (χ1n) is 5.05. The Kier molecular flexibility index (Phi) is 3.40. The molecule has 1 saturated heterocycles. The van der Waals surface area contributed by atoms with E-state index in [1.807, 2.05) is 0 Å². The molecule has 2 atom stereocenters. The van der Waals surface area contributed by atoms with Crippen LogP contribution in [-0.4, -0.2) is 34.3 Å². The van der Waals surface area contributed by atoms with Gasteiger partial charge in [0.05, 0.1) is 9.67 Å². The van der Waals surface area contributed by atoms with Crippen LogP contribution in [0.4, 0.5) is 5.82 Å². The second-order valence-electron chi connectivity index (χ2n) is 4.09. The molecule has 15 heavy (non-hydrogen) atoms. The first kappa shape index (κ1) is 11.1. The van der Waals surface area contributed by atoms with Crippen molar-refractivity contribution in [2.75, 3.05) is 18.0 Å². The molecule has 0 saturated carbocycles. The molecule has 0 amide bonds. The zero-order valence-corrected chi connectivity index (χ0v) is 10.8. The van der Waals surface area contributed by atoms with Crippen LogP contribution < -0.4 is 4.90 Å². The van der Waals surface area contributed by atoms with Gasteiger partial charge in [-0.05, 0) is 34.9 Å². The Morgan fingerprint density at radius 3 is 3.00 bits per heavy atom. The van der Waals surface area contributed by atoms with Crippen LogP contribution in [-0.2, 0) is 0 Å². The maximum atomic E-state index is 9.71. The summed E-state index contributed by atoms with van der Waals surface area (Å²) in [5.41, 5.74) is 0. The predicted molar refractivity (Wildman–Crippen MR) is 66.7 cm³/mol. The zero-order valence-electron chi connectivity index (χ0n) is 8.60. The number of halogens is 1. The minimum absolute atomic E-state index is 0.237. The molecule has 0 aromatic carbocycles. The molecule has 0 aliphatic carbocycles. The van der Waals surface area contributed by atoms with Crippen molar-refractivity contribution in [2.45, 2.75) is 19.4 Å². The number of rotatable bonds is 1. The second-order valence-corrected chi connectivity index (χ2v) is 5.26. The van der Waals surface area contributed by atoms with Crippen LogP contribution in [0.5, 0.6) is 0 Å². The van der Waals surface area contributed by atoms with Gasteiger partial charge in [0.1, 0.15) is 12.1 Å². The van der Waals surface area contributed by atoms with E-state index in [0.717, 1.165) is 22.4 Å². The molecule has 4 nitrogen and oxygen atoms in total. The number of hydrogen-bond acceptors (Lipinski definition) is 4. The van der Waals surface area contributed by atoms with Crippen molar-refractivity contribution in [3.63, 3.8) is 0 Å². The zero-order chi connectivity index (χ0) is 10.8. The average molecular weight is 319 g/mol. The summed E-state index contributed by atoms with van der Waals surface area (Å²) in [4.78, 5) is 10.4. The Labute approximate surface area is 103 Å². The standard InChI is InChI=1S/C10H14IN3O/c1-7-2-8(15)5-14(4-7)10-9(11)3-12-6-13-10/h3,6-8,15H,2,4-5H2,1H3/t7-,8+/m1/s1. The Morgan fingerprint density at radius 1 is 1.53 bits per heavy atom. The summed E-state index contributed by atoms with van der Waals surface area (Å²) in [6.45, 7) is 3.80. The monoisotopic (exact) mass is 319 g/mol. The van der Waals surface area contributed by atoms with Crippen molar-refractivity contribution in [2.24, 2.45) is 5.92 Å². The number of β-amino-alcohol motifs (C(OH)–C–C–N with tert-alkyl or cyclic N) is 1. The van der Waals surface area contributed by atoms with Crippen molar-refractivity contribution in [3.8, 4) is 0 Å². The summed E-state index contributed by atoms with van der Waals surface area (Å²) in [7, 11) is 0. The van der Waals surface area contributed by atoms with Gasteiger partial charge in [-0.2, -0.15) is 0 Å². The van der Waals surface area contributed by atoms with Crippen LogP contribution in [0.1, 0.15) is 13.3 Å². The van der Waals surface area contributed by atoms with E-state index in [2.05, 4.69) is 44.4 Å². The van der Waals surface area contributed by atoms with E-state index in [1.165, 1.54) is 0 Å². The van der Waals surface area contributed by atoms with Gasteiger partial charge in [0.15, 0.2) is 0 Å². The van der Waals surface area contributed by atoms with Crippen LogP contribution in [0.15, 0.2) is 12.5 Å². The number of nitrogens with zero attached hydrogens (tertiary/aromatic N) is 3. The summed E-state index contributed by atoms with van der Waals surface area (Å²) >= 11 is 2.23. The normalized spacial score (nSPS) is 26.7. The summed E-state index contributed by atoms with van der Waals surface area (Å²) in [6.07, 6.45) is 4.01. The van der Waals surface area contributed by atoms with Gasteiger partial charge in [0, 0.05) is 19.3 Å². The largest absolute Gasteiger partial charge is 0.391 e. The third-order valence-corrected chi connectivity index (χ3v) is 3.35. The highest BCUT2D eigenvalue weighted by atomic mass is 127. The highest BCUT2D eigenvalue weighted by Gasteiger charge is 2.24. The van der Waals surface area contributed by atoms with Crippen LogP contribution in [0.3, 0.4) is 0 Å². The maximum Gasteiger partial charge on any atom is 0.145 e. The lowest BCUT2D eigenvalue weighted by Gasteiger charge is -2.35. The maximum absolute atomic E-state index is 9.71. The summed E-state index contributed by atoms with van der Waals surface area (Å²) in [5, 5.41) is 9.71. The van der Waals surface area contributed by atoms with Gasteiger partial charge in [-0.1, -0.05) is 6.92 Å². The molecule has 0 radical (unpaired) electrons. The molecule has 2 heterocycles. The molecule has 1 aromatic rings. The van der Waals surface area contributed by atoms with Crippen LogP contribution in [0.25, 0.3) is 0 Å². The SMILES string of the molecule is C[C@@H]1C[C@H](O)CN(c2ncncc2I)C1. The third-order valence-electron chi connectivity index (χ3n) is 2.59. The number of aliphatic hydroxyl groups excluding tert-OH is 1. The summed E-state index contributed by atoms with van der Waals surface area (Å²) < 4.78 is 1.04. The van der Waals surface area contributed by atoms with Gasteiger partial charge in [0.25, 0.3) is 0 Å². The topological polar surface area (TPSA) is 49.2 Å². The molecular weight excluding hydrogens is 305 g/mol. The molecule has 1 fully saturated rings. The molecule has 5 heteroatoms. The van der Waals surface area contributed by atoms with Gasteiger partial charge < -0.3 is 10.0 Å². The lowest BCUT2D eigenvalue weighted by molar-refractivity contribution is 0.132. The van der Waals surface area contributed by atoms with Gasteiger partial charge in [-0.3, -0.25) is 0 Å². The Balaban J connectivity index is 2.20. The number of hydrogen-bond donors (Lipinski definition) is 1. The third kappa shape index (κ3) is 2.57. The Hall–Kier alpha value is -0.430. The first-order chi connectivity index (χ1) is 7.16. The van der Waals surface area contributed by atoms with Crippen molar-refractivity contribution >= 4 is 28.4 Å². The lowest BCUT2D eigenvalue weighted by atomic mass is 9.98. The molecular formula is C10H14IN3O. The van der Waals surface area contributed by atoms with Crippen molar-refractivity contribution in [1.29, 1.82) is 0 Å². The highest BCUT2D eigenvalue weighted by Crippen LogP contribution is 2.24. The predicted octanol–water partition coefficient (Wildman–Crippen LogP) is 1.29. The average Bonchev–Trinajstić information content (AvgIpc) is 2.16. The van der Waals surface area contributed by atoms with Crippen LogP contribution in [0.2, 0.25) is 0 Å². The molecule has 1 N–H and O–H groups in total. The Bertz CT molecular complexity index is 337. The number of aromatic nitrogens is 2. The fraction of sp³-hybridized carbons (Fsp3) is 0.600. The van der Waals surface area contributed by atoms with Crippen molar-refractivity contribution in [1.82, 2.24) is 9.97 Å². The minimum atomic E-state index is -0.237. The van der Waals surface area contributed by atoms with Gasteiger partial charge >= 0.3 is 0 Å². The van der Waals surface area contributed by atoms with Gasteiger partial charge in [-0.25, -0.2) is 9.97 Å². The van der Waals surface area contributed by atoms with E-state index in [1.54, 1.807) is 12.5 Å². The van der Waals surface area contributed by atoms with Gasteiger partial charge in [0.2, 0.25) is 0 Å². The molecule has 0 bridgehead atoms. The minimum Gasteiger partial charge on any atom is -0.391 e. The van der Waals surface area contributed by atoms with E-state index in [4.69, 9.17) is 0 Å².